The first-order valence-electron chi connectivity index (χ1n) is 7.89. The fourth-order valence-corrected chi connectivity index (χ4v) is 3.08. The lowest BCUT2D eigenvalue weighted by Gasteiger charge is -2.13. The van der Waals surface area contributed by atoms with Crippen molar-refractivity contribution in [3.8, 4) is 0 Å². The van der Waals surface area contributed by atoms with E-state index in [9.17, 15) is 18.0 Å². The molecule has 1 atom stereocenters. The van der Waals surface area contributed by atoms with Gasteiger partial charge in [0.1, 0.15) is 17.1 Å². The van der Waals surface area contributed by atoms with Gasteiger partial charge in [0.25, 0.3) is 0 Å². The molecular formula is C18H21NO6S. The van der Waals surface area contributed by atoms with Crippen LogP contribution in [0.4, 0.5) is 5.69 Å². The van der Waals surface area contributed by atoms with E-state index in [2.05, 4.69) is 4.72 Å². The molecule has 2 rings (SSSR count). The zero-order valence-electron chi connectivity index (χ0n) is 15.2. The molecule has 0 aliphatic carbocycles. The van der Waals surface area contributed by atoms with Crippen molar-refractivity contribution in [2.24, 2.45) is 0 Å². The van der Waals surface area contributed by atoms with Gasteiger partial charge in [0.2, 0.25) is 15.8 Å². The maximum atomic E-state index is 12.4. The summed E-state index contributed by atoms with van der Waals surface area (Å²) in [4.78, 5) is 24.8. The Labute approximate surface area is 152 Å². The van der Waals surface area contributed by atoms with E-state index in [4.69, 9.17) is 9.15 Å². The second-order valence-corrected chi connectivity index (χ2v) is 7.83. The molecule has 2 aromatic rings. The minimum atomic E-state index is -3.39. The summed E-state index contributed by atoms with van der Waals surface area (Å²) in [5.74, 6) is 0.0658. The summed E-state index contributed by atoms with van der Waals surface area (Å²) in [6.07, 6.45) is 0.0417. The molecule has 0 spiro atoms. The van der Waals surface area contributed by atoms with Gasteiger partial charge < -0.3 is 9.15 Å². The molecule has 0 fully saturated rings. The van der Waals surface area contributed by atoms with Crippen LogP contribution in [0.15, 0.2) is 28.7 Å². The Balaban J connectivity index is 2.10. The largest absolute Gasteiger partial charge is 0.465 e. The summed E-state index contributed by atoms with van der Waals surface area (Å²) in [6.45, 7) is 6.65. The molecule has 0 radical (unpaired) electrons. The molecule has 7 nitrogen and oxygen atoms in total. The molecule has 1 N–H and O–H groups in total. The Morgan fingerprint density at radius 2 is 1.65 bits per heavy atom. The maximum Gasteiger partial charge on any atom is 0.342 e. The molecule has 1 aromatic carbocycles. The van der Waals surface area contributed by atoms with Gasteiger partial charge in [-0.2, -0.15) is 0 Å². The molecule has 1 unspecified atom stereocenters. The number of ether oxygens (including phenoxy) is 1. The van der Waals surface area contributed by atoms with Crippen LogP contribution in [0.25, 0.3) is 0 Å². The average molecular weight is 379 g/mol. The van der Waals surface area contributed by atoms with Gasteiger partial charge in [0, 0.05) is 16.8 Å². The second-order valence-electron chi connectivity index (χ2n) is 6.08. The molecule has 0 saturated heterocycles. The highest BCUT2D eigenvalue weighted by atomic mass is 32.2. The highest BCUT2D eigenvalue weighted by molar-refractivity contribution is 7.92. The number of carbonyl (C=O) groups is 2. The molecule has 1 aromatic heterocycles. The Bertz CT molecular complexity index is 941. The summed E-state index contributed by atoms with van der Waals surface area (Å²) in [7, 11) is -3.39. The van der Waals surface area contributed by atoms with Gasteiger partial charge in [0.05, 0.1) is 6.26 Å². The third-order valence-electron chi connectivity index (χ3n) is 3.89. The number of Topliss-reactive ketones (excluding diaryl/α,β-unsaturated/α-hetero) is 1. The van der Waals surface area contributed by atoms with Crippen molar-refractivity contribution in [1.82, 2.24) is 0 Å². The van der Waals surface area contributed by atoms with E-state index >= 15 is 0 Å². The van der Waals surface area contributed by atoms with Gasteiger partial charge in [-0.1, -0.05) is 0 Å². The molecule has 0 aliphatic rings. The van der Waals surface area contributed by atoms with Crippen molar-refractivity contribution in [3.63, 3.8) is 0 Å². The van der Waals surface area contributed by atoms with Crippen molar-refractivity contribution >= 4 is 27.5 Å². The number of furan rings is 1. The van der Waals surface area contributed by atoms with Crippen LogP contribution in [0, 0.1) is 20.8 Å². The Kier molecular flexibility index (Phi) is 5.56. The van der Waals surface area contributed by atoms with Crippen LogP contribution in [0.3, 0.4) is 0 Å². The molecule has 140 valence electrons. The maximum absolute atomic E-state index is 12.4. The highest BCUT2D eigenvalue weighted by Crippen LogP contribution is 2.22. The molecule has 0 amide bonds. The summed E-state index contributed by atoms with van der Waals surface area (Å²) in [5, 5.41) is 0. The van der Waals surface area contributed by atoms with Gasteiger partial charge in [0.15, 0.2) is 6.10 Å². The molecule has 0 aliphatic heterocycles. The van der Waals surface area contributed by atoms with Gasteiger partial charge in [-0.05, 0) is 52.0 Å². The Morgan fingerprint density at radius 3 is 2.12 bits per heavy atom. The molecule has 1 heterocycles. The van der Waals surface area contributed by atoms with Crippen LogP contribution < -0.4 is 4.72 Å². The van der Waals surface area contributed by atoms with E-state index in [0.29, 0.717) is 33.9 Å². The molecule has 0 saturated carbocycles. The quantitative estimate of drug-likeness (QED) is 0.611. The number of sulfonamides is 1. The average Bonchev–Trinajstić information content (AvgIpc) is 2.78. The van der Waals surface area contributed by atoms with Gasteiger partial charge in [-0.15, -0.1) is 0 Å². The highest BCUT2D eigenvalue weighted by Gasteiger charge is 2.25. The molecule has 0 bridgehead atoms. The van der Waals surface area contributed by atoms with Crippen LogP contribution in [-0.4, -0.2) is 32.5 Å². The number of ketones is 1. The number of rotatable bonds is 6. The fourth-order valence-electron chi connectivity index (χ4n) is 2.52. The number of carbonyl (C=O) groups excluding carboxylic acids is 2. The standard InChI is InChI=1S/C18H21NO6S/c1-10-11(2)24-12(3)16(10)18(21)25-13(4)17(20)14-6-8-15(9-7-14)19-26(5,22)23/h6-9,13,19H,1-5H3. The van der Waals surface area contributed by atoms with Crippen molar-refractivity contribution in [1.29, 1.82) is 0 Å². The SMILES string of the molecule is Cc1oc(C)c(C(=O)OC(C)C(=O)c2ccc(NS(C)(=O)=O)cc2)c1C. The van der Waals surface area contributed by atoms with Crippen molar-refractivity contribution < 1.29 is 27.2 Å². The fraction of sp³-hybridized carbons (Fsp3) is 0.333. The van der Waals surface area contributed by atoms with E-state index in [1.54, 1.807) is 20.8 Å². The monoisotopic (exact) mass is 379 g/mol. The van der Waals surface area contributed by atoms with Gasteiger partial charge in [-0.3, -0.25) is 9.52 Å². The predicted molar refractivity (Wildman–Crippen MR) is 97.0 cm³/mol. The van der Waals surface area contributed by atoms with Crippen LogP contribution in [0.5, 0.6) is 0 Å². The molecule has 8 heteroatoms. The van der Waals surface area contributed by atoms with Crippen LogP contribution in [0.1, 0.15) is 44.7 Å². The number of hydrogen-bond donors (Lipinski definition) is 1. The van der Waals surface area contributed by atoms with E-state index in [1.165, 1.54) is 31.2 Å². The van der Waals surface area contributed by atoms with Crippen molar-refractivity contribution in [2.45, 2.75) is 33.8 Å². The summed E-state index contributed by atoms with van der Waals surface area (Å²) in [5.41, 5.74) is 1.66. The minimum absolute atomic E-state index is 0.307. The number of nitrogens with one attached hydrogen (secondary N) is 1. The first-order valence-corrected chi connectivity index (χ1v) is 9.78. The number of benzene rings is 1. The first-order chi connectivity index (χ1) is 12.0. The number of hydrogen-bond acceptors (Lipinski definition) is 6. The Hall–Kier alpha value is -2.61. The lowest BCUT2D eigenvalue weighted by molar-refractivity contribution is 0.0316. The second kappa shape index (κ2) is 7.33. The topological polar surface area (TPSA) is 103 Å². The first kappa shape index (κ1) is 19.7. The normalized spacial score (nSPS) is 12.5. The van der Waals surface area contributed by atoms with Crippen LogP contribution in [0.2, 0.25) is 0 Å². The summed E-state index contributed by atoms with van der Waals surface area (Å²) < 4.78 is 35.4. The third kappa shape index (κ3) is 4.51. The lowest BCUT2D eigenvalue weighted by Crippen LogP contribution is -2.25. The van der Waals surface area contributed by atoms with E-state index in [-0.39, 0.29) is 5.78 Å². The number of esters is 1. The van der Waals surface area contributed by atoms with Crippen molar-refractivity contribution in [2.75, 3.05) is 11.0 Å². The zero-order chi connectivity index (χ0) is 19.6. The number of anilines is 1. The molecular weight excluding hydrogens is 358 g/mol. The zero-order valence-corrected chi connectivity index (χ0v) is 16.1. The van der Waals surface area contributed by atoms with E-state index < -0.39 is 22.1 Å². The minimum Gasteiger partial charge on any atom is -0.465 e. The molecule has 26 heavy (non-hydrogen) atoms. The predicted octanol–water partition coefficient (Wildman–Crippen LogP) is 3.00. The van der Waals surface area contributed by atoms with Crippen molar-refractivity contribution in [3.05, 3.63) is 52.5 Å². The summed E-state index contributed by atoms with van der Waals surface area (Å²) >= 11 is 0. The lowest BCUT2D eigenvalue weighted by atomic mass is 10.1. The van der Waals surface area contributed by atoms with Gasteiger partial charge >= 0.3 is 5.97 Å². The summed E-state index contributed by atoms with van der Waals surface area (Å²) in [6, 6.07) is 5.88. The smallest absolute Gasteiger partial charge is 0.342 e. The van der Waals surface area contributed by atoms with Crippen LogP contribution in [-0.2, 0) is 14.8 Å². The van der Waals surface area contributed by atoms with E-state index in [0.717, 1.165) is 6.26 Å². The number of aryl methyl sites for hydroxylation is 2. The Morgan fingerprint density at radius 1 is 1.08 bits per heavy atom. The van der Waals surface area contributed by atoms with Gasteiger partial charge in [-0.25, -0.2) is 13.2 Å². The van der Waals surface area contributed by atoms with Crippen LogP contribution >= 0.6 is 0 Å². The van der Waals surface area contributed by atoms with E-state index in [1.807, 2.05) is 0 Å². The third-order valence-corrected chi connectivity index (χ3v) is 4.50.